The molecule has 1 aliphatic rings. The number of aryl methyl sites for hydroxylation is 1. The Morgan fingerprint density at radius 3 is 3.04 bits per heavy atom. The second kappa shape index (κ2) is 5.83. The topological polar surface area (TPSA) is 46.9 Å². The molecule has 23 heavy (non-hydrogen) atoms. The van der Waals surface area contributed by atoms with Crippen molar-refractivity contribution >= 4 is 34.5 Å². The molecule has 3 aromatic rings. The van der Waals surface area contributed by atoms with Crippen LogP contribution >= 0.6 is 22.9 Å². The third-order valence-electron chi connectivity index (χ3n) is 3.93. The van der Waals surface area contributed by atoms with Gasteiger partial charge in [-0.15, -0.1) is 11.3 Å². The number of thiophene rings is 1. The summed E-state index contributed by atoms with van der Waals surface area (Å²) in [4.78, 5) is 17.3. The minimum absolute atomic E-state index is 0.141. The smallest absolute Gasteiger partial charge is 0.265 e. The maximum atomic E-state index is 12.2. The third-order valence-corrected chi connectivity index (χ3v) is 5.16. The number of benzene rings is 1. The average Bonchev–Trinajstić information content (AvgIpc) is 3.23. The van der Waals surface area contributed by atoms with E-state index in [2.05, 4.69) is 14.9 Å². The molecule has 0 radical (unpaired) electrons. The molecule has 1 aromatic carbocycles. The van der Waals surface area contributed by atoms with E-state index in [4.69, 9.17) is 11.6 Å². The van der Waals surface area contributed by atoms with Gasteiger partial charge in [0.25, 0.3) is 5.91 Å². The highest BCUT2D eigenvalue weighted by atomic mass is 35.5. The lowest BCUT2D eigenvalue weighted by molar-refractivity contribution is 0.103. The number of carbonyl (C=O) groups is 1. The number of hydrogen-bond donors (Lipinski definition) is 1. The molecule has 1 amide bonds. The zero-order valence-electron chi connectivity index (χ0n) is 12.3. The maximum absolute atomic E-state index is 12.2. The van der Waals surface area contributed by atoms with Gasteiger partial charge >= 0.3 is 0 Å². The number of fused-ring (bicyclic) bond motifs is 1. The fourth-order valence-corrected chi connectivity index (χ4v) is 3.81. The van der Waals surface area contributed by atoms with E-state index in [9.17, 15) is 4.79 Å². The van der Waals surface area contributed by atoms with Crippen LogP contribution in [0.3, 0.4) is 0 Å². The number of rotatable bonds is 3. The highest BCUT2D eigenvalue weighted by Crippen LogP contribution is 2.28. The van der Waals surface area contributed by atoms with Crippen LogP contribution in [0.1, 0.15) is 21.9 Å². The predicted octanol–water partition coefficient (Wildman–Crippen LogP) is 4.46. The molecule has 1 aliphatic heterocycles. The highest BCUT2D eigenvalue weighted by molar-refractivity contribution is 7.18. The summed E-state index contributed by atoms with van der Waals surface area (Å²) >= 11 is 7.16. The van der Waals surface area contributed by atoms with Crippen LogP contribution in [0.5, 0.6) is 0 Å². The number of amides is 1. The van der Waals surface area contributed by atoms with Crippen molar-refractivity contribution < 1.29 is 4.79 Å². The Morgan fingerprint density at radius 2 is 2.22 bits per heavy atom. The second-order valence-electron chi connectivity index (χ2n) is 5.45. The zero-order valence-corrected chi connectivity index (χ0v) is 13.8. The van der Waals surface area contributed by atoms with Gasteiger partial charge in [-0.05, 0) is 30.7 Å². The molecule has 0 aliphatic carbocycles. The van der Waals surface area contributed by atoms with Gasteiger partial charge in [0, 0.05) is 24.2 Å². The lowest BCUT2D eigenvalue weighted by Gasteiger charge is -2.08. The Bertz CT molecular complexity index is 884. The Balaban J connectivity index is 1.60. The average molecular weight is 344 g/mol. The van der Waals surface area contributed by atoms with E-state index in [-0.39, 0.29) is 5.91 Å². The maximum Gasteiger partial charge on any atom is 0.265 e. The molecule has 0 saturated carbocycles. The first-order valence-corrected chi connectivity index (χ1v) is 8.62. The summed E-state index contributed by atoms with van der Waals surface area (Å²) in [6, 6.07) is 11.3. The molecule has 4 nitrogen and oxygen atoms in total. The van der Waals surface area contributed by atoms with Crippen LogP contribution in [-0.2, 0) is 13.0 Å². The SMILES string of the molecule is O=C(Nc1cccc(-c2cnc3n2CCC3)c1)c1ccc(Cl)s1. The van der Waals surface area contributed by atoms with E-state index in [1.165, 1.54) is 11.3 Å². The Kier molecular flexibility index (Phi) is 3.67. The van der Waals surface area contributed by atoms with E-state index < -0.39 is 0 Å². The van der Waals surface area contributed by atoms with Crippen LogP contribution in [0.2, 0.25) is 4.34 Å². The molecular formula is C17H14ClN3OS. The molecule has 0 spiro atoms. The standard InChI is InChI=1S/C17H14ClN3OS/c18-15-7-6-14(23-15)17(22)20-12-4-1-3-11(9-12)13-10-19-16-5-2-8-21(13)16/h1,3-4,6-7,9-10H,2,5,8H2,(H,20,22). The number of imidazole rings is 1. The van der Waals surface area contributed by atoms with Crippen LogP contribution in [0.15, 0.2) is 42.6 Å². The summed E-state index contributed by atoms with van der Waals surface area (Å²) in [6.07, 6.45) is 4.09. The largest absolute Gasteiger partial charge is 0.328 e. The van der Waals surface area contributed by atoms with Gasteiger partial charge in [0.1, 0.15) is 5.82 Å². The number of carbonyl (C=O) groups excluding carboxylic acids is 1. The van der Waals surface area contributed by atoms with Crippen LogP contribution in [0, 0.1) is 0 Å². The Hall–Kier alpha value is -2.11. The summed E-state index contributed by atoms with van der Waals surface area (Å²) in [5, 5.41) is 2.92. The van der Waals surface area contributed by atoms with Crippen molar-refractivity contribution in [2.45, 2.75) is 19.4 Å². The summed E-state index contributed by atoms with van der Waals surface area (Å²) in [5.41, 5.74) is 2.94. The van der Waals surface area contributed by atoms with Gasteiger partial charge < -0.3 is 9.88 Å². The molecule has 116 valence electrons. The molecular weight excluding hydrogens is 330 g/mol. The number of anilines is 1. The molecule has 0 fully saturated rings. The summed E-state index contributed by atoms with van der Waals surface area (Å²) in [6.45, 7) is 1.01. The van der Waals surface area contributed by atoms with Crippen molar-refractivity contribution in [3.63, 3.8) is 0 Å². The van der Waals surface area contributed by atoms with E-state index in [1.54, 1.807) is 12.1 Å². The first kappa shape index (κ1) is 14.5. The Labute approximate surface area is 142 Å². The van der Waals surface area contributed by atoms with Gasteiger partial charge in [0.2, 0.25) is 0 Å². The minimum atomic E-state index is -0.141. The third kappa shape index (κ3) is 2.78. The second-order valence-corrected chi connectivity index (χ2v) is 7.17. The summed E-state index contributed by atoms with van der Waals surface area (Å²) < 4.78 is 2.86. The summed E-state index contributed by atoms with van der Waals surface area (Å²) in [5.74, 6) is 1.00. The molecule has 1 N–H and O–H groups in total. The van der Waals surface area contributed by atoms with Crippen LogP contribution in [0.4, 0.5) is 5.69 Å². The zero-order chi connectivity index (χ0) is 15.8. The number of aromatic nitrogens is 2. The molecule has 4 rings (SSSR count). The fourth-order valence-electron chi connectivity index (χ4n) is 2.87. The lowest BCUT2D eigenvalue weighted by Crippen LogP contribution is -2.10. The molecule has 0 bridgehead atoms. The molecule has 0 atom stereocenters. The number of halogens is 1. The quantitative estimate of drug-likeness (QED) is 0.763. The van der Waals surface area contributed by atoms with Gasteiger partial charge in [0.05, 0.1) is 21.1 Å². The monoisotopic (exact) mass is 343 g/mol. The molecule has 0 saturated heterocycles. The molecule has 6 heteroatoms. The van der Waals surface area contributed by atoms with E-state index >= 15 is 0 Å². The van der Waals surface area contributed by atoms with Crippen molar-refractivity contribution in [1.29, 1.82) is 0 Å². The highest BCUT2D eigenvalue weighted by Gasteiger charge is 2.17. The van der Waals surface area contributed by atoms with E-state index in [0.29, 0.717) is 9.21 Å². The van der Waals surface area contributed by atoms with Crippen molar-refractivity contribution in [2.24, 2.45) is 0 Å². The number of nitrogens with zero attached hydrogens (tertiary/aromatic N) is 2. The van der Waals surface area contributed by atoms with Gasteiger partial charge in [-0.1, -0.05) is 23.7 Å². The van der Waals surface area contributed by atoms with Crippen LogP contribution < -0.4 is 5.32 Å². The van der Waals surface area contributed by atoms with Crippen molar-refractivity contribution in [3.05, 3.63) is 57.6 Å². The van der Waals surface area contributed by atoms with E-state index in [1.807, 2.05) is 30.5 Å². The summed E-state index contributed by atoms with van der Waals surface area (Å²) in [7, 11) is 0. The lowest BCUT2D eigenvalue weighted by atomic mass is 10.1. The predicted molar refractivity (Wildman–Crippen MR) is 93.3 cm³/mol. The number of hydrogen-bond acceptors (Lipinski definition) is 3. The van der Waals surface area contributed by atoms with Gasteiger partial charge in [-0.3, -0.25) is 4.79 Å². The van der Waals surface area contributed by atoms with Crippen molar-refractivity contribution in [3.8, 4) is 11.3 Å². The van der Waals surface area contributed by atoms with Crippen LogP contribution in [0.25, 0.3) is 11.3 Å². The minimum Gasteiger partial charge on any atom is -0.328 e. The molecule has 2 aromatic heterocycles. The van der Waals surface area contributed by atoms with Gasteiger partial charge in [0.15, 0.2) is 0 Å². The van der Waals surface area contributed by atoms with E-state index in [0.717, 1.165) is 42.2 Å². The Morgan fingerprint density at radius 1 is 1.30 bits per heavy atom. The van der Waals surface area contributed by atoms with Crippen molar-refractivity contribution in [2.75, 3.05) is 5.32 Å². The van der Waals surface area contributed by atoms with Gasteiger partial charge in [-0.2, -0.15) is 0 Å². The first-order valence-electron chi connectivity index (χ1n) is 7.42. The normalized spacial score (nSPS) is 13.1. The fraction of sp³-hybridized carbons (Fsp3) is 0.176. The van der Waals surface area contributed by atoms with Gasteiger partial charge in [-0.25, -0.2) is 4.98 Å². The molecule has 0 unspecified atom stereocenters. The van der Waals surface area contributed by atoms with Crippen LogP contribution in [-0.4, -0.2) is 15.5 Å². The molecule has 3 heterocycles. The first-order chi connectivity index (χ1) is 11.2. The number of nitrogens with one attached hydrogen (secondary N) is 1. The van der Waals surface area contributed by atoms with Crippen molar-refractivity contribution in [1.82, 2.24) is 9.55 Å².